The highest BCUT2D eigenvalue weighted by Gasteiger charge is 2.09. The number of nitrogens with zero attached hydrogens (tertiary/aromatic N) is 1. The molecule has 0 unspecified atom stereocenters. The van der Waals surface area contributed by atoms with Crippen LogP contribution in [0.15, 0.2) is 15.7 Å². The average molecular weight is 221 g/mol. The molecule has 0 aliphatic rings. The van der Waals surface area contributed by atoms with Crippen molar-refractivity contribution in [1.82, 2.24) is 14.5 Å². The summed E-state index contributed by atoms with van der Waals surface area (Å²) in [6, 6.07) is 1.44. The third kappa shape index (κ3) is 1.48. The third-order valence-corrected chi connectivity index (χ3v) is 2.37. The molecule has 0 aliphatic carbocycles. The maximum Gasteiger partial charge on any atom is 0.329 e. The van der Waals surface area contributed by atoms with Gasteiger partial charge in [0.25, 0.3) is 5.56 Å². The van der Waals surface area contributed by atoms with Gasteiger partial charge in [0.05, 0.1) is 11.1 Å². The lowest BCUT2D eigenvalue weighted by atomic mass is 10.3. The molecular formula is C10H11N3O3. The van der Waals surface area contributed by atoms with Crippen LogP contribution in [0, 0.1) is 0 Å². The van der Waals surface area contributed by atoms with Crippen molar-refractivity contribution in [2.75, 3.05) is 0 Å². The standard InChI is InChI=1S/C10H11N3O3/c1-2-3-13-8-7(4-6(5-14)11-8)9(15)12-10(13)16/h4-5,11H,2-3H2,1H3,(H,12,15,16). The number of hydrogen-bond acceptors (Lipinski definition) is 3. The van der Waals surface area contributed by atoms with Crippen LogP contribution in [0.5, 0.6) is 0 Å². The van der Waals surface area contributed by atoms with E-state index in [0.29, 0.717) is 23.9 Å². The first-order valence-corrected chi connectivity index (χ1v) is 4.98. The zero-order chi connectivity index (χ0) is 11.7. The summed E-state index contributed by atoms with van der Waals surface area (Å²) >= 11 is 0. The first-order valence-electron chi connectivity index (χ1n) is 4.98. The van der Waals surface area contributed by atoms with E-state index >= 15 is 0 Å². The number of fused-ring (bicyclic) bond motifs is 1. The minimum absolute atomic E-state index is 0.288. The van der Waals surface area contributed by atoms with Crippen molar-refractivity contribution in [2.24, 2.45) is 0 Å². The second-order valence-electron chi connectivity index (χ2n) is 3.52. The molecule has 2 aromatic heterocycles. The highest BCUT2D eigenvalue weighted by Crippen LogP contribution is 2.08. The van der Waals surface area contributed by atoms with Crippen LogP contribution in [0.3, 0.4) is 0 Å². The monoisotopic (exact) mass is 221 g/mol. The summed E-state index contributed by atoms with van der Waals surface area (Å²) in [5, 5.41) is 0.329. The van der Waals surface area contributed by atoms with E-state index in [0.717, 1.165) is 6.42 Å². The van der Waals surface area contributed by atoms with E-state index in [4.69, 9.17) is 0 Å². The molecule has 0 saturated heterocycles. The second kappa shape index (κ2) is 3.80. The summed E-state index contributed by atoms with van der Waals surface area (Å²) < 4.78 is 1.42. The van der Waals surface area contributed by atoms with Crippen LogP contribution in [0.1, 0.15) is 23.8 Å². The predicted molar refractivity (Wildman–Crippen MR) is 58.9 cm³/mol. The van der Waals surface area contributed by atoms with E-state index in [1.165, 1.54) is 10.6 Å². The summed E-state index contributed by atoms with van der Waals surface area (Å²) in [5.74, 6) is 0. The van der Waals surface area contributed by atoms with Crippen molar-refractivity contribution in [2.45, 2.75) is 19.9 Å². The van der Waals surface area contributed by atoms with Gasteiger partial charge in [0.2, 0.25) is 0 Å². The first kappa shape index (κ1) is 10.4. The van der Waals surface area contributed by atoms with Gasteiger partial charge in [0.1, 0.15) is 5.65 Å². The Labute approximate surface area is 89.9 Å². The van der Waals surface area contributed by atoms with Crippen LogP contribution < -0.4 is 11.2 Å². The molecule has 6 heteroatoms. The highest BCUT2D eigenvalue weighted by atomic mass is 16.2. The molecule has 2 N–H and O–H groups in total. The minimum atomic E-state index is -0.475. The molecule has 0 saturated carbocycles. The Kier molecular flexibility index (Phi) is 2.47. The van der Waals surface area contributed by atoms with Crippen molar-refractivity contribution >= 4 is 17.3 Å². The Hall–Kier alpha value is -2.11. The normalized spacial score (nSPS) is 10.8. The van der Waals surface area contributed by atoms with Crippen molar-refractivity contribution in [3.8, 4) is 0 Å². The summed E-state index contributed by atoms with van der Waals surface area (Å²) in [5.41, 5.74) is -0.246. The number of aromatic amines is 2. The van der Waals surface area contributed by atoms with Gasteiger partial charge < -0.3 is 4.98 Å². The summed E-state index contributed by atoms with van der Waals surface area (Å²) in [7, 11) is 0. The Bertz CT molecular complexity index is 647. The van der Waals surface area contributed by atoms with Crippen molar-refractivity contribution in [1.29, 1.82) is 0 Å². The van der Waals surface area contributed by atoms with Crippen LogP contribution in [0.4, 0.5) is 0 Å². The number of carbonyl (C=O) groups is 1. The van der Waals surface area contributed by atoms with E-state index in [-0.39, 0.29) is 5.69 Å². The molecule has 0 aliphatic heterocycles. The molecule has 84 valence electrons. The first-order chi connectivity index (χ1) is 7.67. The van der Waals surface area contributed by atoms with Gasteiger partial charge in [-0.2, -0.15) is 0 Å². The molecule has 0 amide bonds. The molecule has 2 rings (SSSR count). The number of carbonyl (C=O) groups excluding carboxylic acids is 1. The number of hydrogen-bond donors (Lipinski definition) is 2. The molecule has 0 radical (unpaired) electrons. The second-order valence-corrected chi connectivity index (χ2v) is 3.52. The number of nitrogens with one attached hydrogen (secondary N) is 2. The maximum atomic E-state index is 11.5. The smallest absolute Gasteiger partial charge is 0.329 e. The van der Waals surface area contributed by atoms with Gasteiger partial charge in [0.15, 0.2) is 6.29 Å². The summed E-state index contributed by atoms with van der Waals surface area (Å²) in [6.07, 6.45) is 1.37. The summed E-state index contributed by atoms with van der Waals surface area (Å²) in [4.78, 5) is 38.6. The largest absolute Gasteiger partial charge is 0.338 e. The van der Waals surface area contributed by atoms with E-state index in [1.54, 1.807) is 0 Å². The van der Waals surface area contributed by atoms with Gasteiger partial charge in [-0.3, -0.25) is 19.1 Å². The van der Waals surface area contributed by atoms with E-state index < -0.39 is 11.2 Å². The van der Waals surface area contributed by atoms with Crippen molar-refractivity contribution in [3.63, 3.8) is 0 Å². The minimum Gasteiger partial charge on any atom is -0.338 e. The number of aryl methyl sites for hydroxylation is 1. The van der Waals surface area contributed by atoms with Gasteiger partial charge in [0, 0.05) is 6.54 Å². The molecule has 2 aromatic rings. The van der Waals surface area contributed by atoms with E-state index in [1.807, 2.05) is 6.92 Å². The molecule has 0 aromatic carbocycles. The van der Waals surface area contributed by atoms with Crippen molar-refractivity contribution in [3.05, 3.63) is 32.6 Å². The molecular weight excluding hydrogens is 210 g/mol. The lowest BCUT2D eigenvalue weighted by Crippen LogP contribution is -2.30. The molecule has 0 atom stereocenters. The topological polar surface area (TPSA) is 87.7 Å². The lowest BCUT2D eigenvalue weighted by molar-refractivity contribution is 0.111. The predicted octanol–water partition coefficient (Wildman–Crippen LogP) is 0.240. The zero-order valence-electron chi connectivity index (χ0n) is 8.74. The van der Waals surface area contributed by atoms with Crippen LogP contribution in [-0.2, 0) is 6.54 Å². The molecule has 0 spiro atoms. The van der Waals surface area contributed by atoms with Crippen LogP contribution in [0.25, 0.3) is 11.0 Å². The van der Waals surface area contributed by atoms with Gasteiger partial charge in [-0.1, -0.05) is 6.92 Å². The van der Waals surface area contributed by atoms with E-state index in [9.17, 15) is 14.4 Å². The number of aldehydes is 1. The van der Waals surface area contributed by atoms with Crippen molar-refractivity contribution < 1.29 is 4.79 Å². The van der Waals surface area contributed by atoms with Crippen LogP contribution in [-0.4, -0.2) is 20.8 Å². The fraction of sp³-hybridized carbons (Fsp3) is 0.300. The number of aromatic nitrogens is 3. The Morgan fingerprint density at radius 2 is 2.12 bits per heavy atom. The lowest BCUT2D eigenvalue weighted by Gasteiger charge is -2.03. The Balaban J connectivity index is 2.87. The number of H-pyrrole nitrogens is 2. The Morgan fingerprint density at radius 1 is 1.38 bits per heavy atom. The average Bonchev–Trinajstić information content (AvgIpc) is 2.68. The van der Waals surface area contributed by atoms with Gasteiger partial charge >= 0.3 is 5.69 Å². The van der Waals surface area contributed by atoms with Gasteiger partial charge in [-0.05, 0) is 12.5 Å². The molecule has 6 nitrogen and oxygen atoms in total. The fourth-order valence-electron chi connectivity index (χ4n) is 1.68. The van der Waals surface area contributed by atoms with Crippen LogP contribution in [0.2, 0.25) is 0 Å². The third-order valence-electron chi connectivity index (χ3n) is 2.37. The summed E-state index contributed by atoms with van der Waals surface area (Å²) in [6.45, 7) is 2.41. The van der Waals surface area contributed by atoms with Gasteiger partial charge in [-0.25, -0.2) is 4.79 Å². The fourth-order valence-corrected chi connectivity index (χ4v) is 1.68. The zero-order valence-corrected chi connectivity index (χ0v) is 8.74. The maximum absolute atomic E-state index is 11.5. The molecule has 0 fully saturated rings. The number of rotatable bonds is 3. The van der Waals surface area contributed by atoms with E-state index in [2.05, 4.69) is 9.97 Å². The SMILES string of the molecule is CCCn1c(=O)[nH]c(=O)c2cc(C=O)[nH]c21. The Morgan fingerprint density at radius 3 is 2.75 bits per heavy atom. The van der Waals surface area contributed by atoms with Gasteiger partial charge in [-0.15, -0.1) is 0 Å². The molecule has 0 bridgehead atoms. The molecule has 16 heavy (non-hydrogen) atoms. The molecule has 2 heterocycles. The van der Waals surface area contributed by atoms with Crippen LogP contribution >= 0.6 is 0 Å². The highest BCUT2D eigenvalue weighted by molar-refractivity contribution is 5.85. The quantitative estimate of drug-likeness (QED) is 0.728.